The number of aromatic nitrogens is 1. The molecule has 0 atom stereocenters. The summed E-state index contributed by atoms with van der Waals surface area (Å²) < 4.78 is 5.86. The average molecular weight is 408 g/mol. The normalized spacial score (nSPS) is 12.8. The maximum atomic E-state index is 12.9. The standard InChI is InChI=1S/C21H19BClN3O3/c22-14-4-6-15(7-5-14)25-21(28)16-2-1-3-18-19(16)29-9-8-26(18)20-17(23)10-13(12-27)11-24-20/h1-7,10-11,27H,8-9,12,22H2,(H,25,28). The number of rotatable bonds is 4. The monoisotopic (exact) mass is 407 g/mol. The summed E-state index contributed by atoms with van der Waals surface area (Å²) in [6.07, 6.45) is 1.59. The topological polar surface area (TPSA) is 74.7 Å². The van der Waals surface area contributed by atoms with Gasteiger partial charge in [0.2, 0.25) is 0 Å². The molecule has 2 N–H and O–H groups in total. The zero-order valence-electron chi connectivity index (χ0n) is 15.9. The van der Waals surface area contributed by atoms with Gasteiger partial charge in [-0.05, 0) is 35.9 Å². The number of hydrogen-bond acceptors (Lipinski definition) is 5. The minimum Gasteiger partial charge on any atom is -0.489 e. The Kier molecular flexibility index (Phi) is 5.42. The number of anilines is 3. The Morgan fingerprint density at radius 1 is 1.28 bits per heavy atom. The summed E-state index contributed by atoms with van der Waals surface area (Å²) in [6, 6.07) is 14.7. The molecule has 2 aromatic carbocycles. The van der Waals surface area contributed by atoms with Crippen LogP contribution in [-0.2, 0) is 6.61 Å². The maximum Gasteiger partial charge on any atom is 0.259 e. The van der Waals surface area contributed by atoms with Gasteiger partial charge in [-0.1, -0.05) is 35.3 Å². The van der Waals surface area contributed by atoms with Crippen LogP contribution in [0.4, 0.5) is 17.2 Å². The summed E-state index contributed by atoms with van der Waals surface area (Å²) in [4.78, 5) is 19.2. The van der Waals surface area contributed by atoms with Crippen LogP contribution in [0.3, 0.4) is 0 Å². The molecule has 1 aliphatic rings. The molecule has 0 saturated carbocycles. The van der Waals surface area contributed by atoms with Gasteiger partial charge >= 0.3 is 0 Å². The predicted octanol–water partition coefficient (Wildman–Crippen LogP) is 2.27. The van der Waals surface area contributed by atoms with Crippen LogP contribution in [0.15, 0.2) is 54.7 Å². The molecule has 3 aromatic rings. The zero-order valence-corrected chi connectivity index (χ0v) is 16.6. The number of aliphatic hydroxyl groups excluding tert-OH is 1. The molecule has 0 saturated heterocycles. The van der Waals surface area contributed by atoms with E-state index in [-0.39, 0.29) is 12.5 Å². The van der Waals surface area contributed by atoms with Crippen molar-refractivity contribution in [3.63, 3.8) is 0 Å². The molecule has 0 bridgehead atoms. The van der Waals surface area contributed by atoms with Gasteiger partial charge in [0.1, 0.15) is 14.5 Å². The second-order valence-electron chi connectivity index (χ2n) is 6.78. The maximum absolute atomic E-state index is 12.9. The number of carbonyl (C=O) groups excluding carboxylic acids is 1. The first-order chi connectivity index (χ1) is 14.1. The number of ether oxygens (including phenoxy) is 1. The number of halogens is 1. The van der Waals surface area contributed by atoms with Gasteiger partial charge in [0.15, 0.2) is 11.6 Å². The Labute approximate surface area is 174 Å². The van der Waals surface area contributed by atoms with Crippen molar-refractivity contribution in [2.45, 2.75) is 6.61 Å². The highest BCUT2D eigenvalue weighted by molar-refractivity contribution is 6.33. The summed E-state index contributed by atoms with van der Waals surface area (Å²) in [5, 5.41) is 12.6. The van der Waals surface area contributed by atoms with Gasteiger partial charge < -0.3 is 20.1 Å². The number of nitrogens with zero attached hydrogens (tertiary/aromatic N) is 2. The van der Waals surface area contributed by atoms with Crippen molar-refractivity contribution >= 4 is 48.0 Å². The minimum atomic E-state index is -0.248. The van der Waals surface area contributed by atoms with Crippen molar-refractivity contribution in [3.05, 3.63) is 70.9 Å². The predicted molar refractivity (Wildman–Crippen MR) is 117 cm³/mol. The average Bonchev–Trinajstić information content (AvgIpc) is 2.74. The molecular formula is C21H19BClN3O3. The van der Waals surface area contributed by atoms with Crippen LogP contribution in [0.5, 0.6) is 5.75 Å². The van der Waals surface area contributed by atoms with Gasteiger partial charge in [-0.2, -0.15) is 0 Å². The molecule has 8 heteroatoms. The molecule has 6 nitrogen and oxygen atoms in total. The number of para-hydroxylation sites is 1. The highest BCUT2D eigenvalue weighted by Crippen LogP contribution is 2.40. The van der Waals surface area contributed by atoms with Gasteiger partial charge in [-0.15, -0.1) is 0 Å². The molecule has 0 unspecified atom stereocenters. The largest absolute Gasteiger partial charge is 0.489 e. The number of amides is 1. The molecule has 0 fully saturated rings. The van der Waals surface area contributed by atoms with E-state index in [0.29, 0.717) is 40.9 Å². The first-order valence-corrected chi connectivity index (χ1v) is 9.61. The summed E-state index contributed by atoms with van der Waals surface area (Å²) in [7, 11) is 1.99. The summed E-state index contributed by atoms with van der Waals surface area (Å²) >= 11 is 6.40. The molecule has 0 spiro atoms. The fourth-order valence-electron chi connectivity index (χ4n) is 3.24. The van der Waals surface area contributed by atoms with Crippen molar-refractivity contribution in [2.24, 2.45) is 0 Å². The Morgan fingerprint density at radius 2 is 2.07 bits per heavy atom. The van der Waals surface area contributed by atoms with E-state index in [9.17, 15) is 9.90 Å². The molecule has 29 heavy (non-hydrogen) atoms. The van der Waals surface area contributed by atoms with Crippen molar-refractivity contribution in [1.82, 2.24) is 4.98 Å². The second kappa shape index (κ2) is 8.15. The van der Waals surface area contributed by atoms with Crippen LogP contribution in [0.25, 0.3) is 0 Å². The highest BCUT2D eigenvalue weighted by Gasteiger charge is 2.26. The number of aliphatic hydroxyl groups is 1. The van der Waals surface area contributed by atoms with Crippen molar-refractivity contribution < 1.29 is 14.6 Å². The molecule has 0 radical (unpaired) electrons. The molecular weight excluding hydrogens is 389 g/mol. The third kappa shape index (κ3) is 3.92. The Morgan fingerprint density at radius 3 is 2.79 bits per heavy atom. The fraction of sp³-hybridized carbons (Fsp3) is 0.143. The van der Waals surface area contributed by atoms with E-state index in [4.69, 9.17) is 16.3 Å². The third-order valence-corrected chi connectivity index (χ3v) is 5.00. The highest BCUT2D eigenvalue weighted by atomic mass is 35.5. The van der Waals surface area contributed by atoms with Crippen molar-refractivity contribution in [2.75, 3.05) is 23.4 Å². The van der Waals surface area contributed by atoms with Gasteiger partial charge in [0, 0.05) is 11.9 Å². The molecule has 2 heterocycles. The lowest BCUT2D eigenvalue weighted by Gasteiger charge is -2.32. The Hall–Kier alpha value is -3.03. The lowest BCUT2D eigenvalue weighted by Crippen LogP contribution is -2.31. The number of carbonyl (C=O) groups is 1. The summed E-state index contributed by atoms with van der Waals surface area (Å²) in [5.41, 5.74) is 3.64. The van der Waals surface area contributed by atoms with Crippen LogP contribution >= 0.6 is 11.6 Å². The van der Waals surface area contributed by atoms with E-state index < -0.39 is 0 Å². The summed E-state index contributed by atoms with van der Waals surface area (Å²) in [6.45, 7) is 0.804. The van der Waals surface area contributed by atoms with E-state index >= 15 is 0 Å². The van der Waals surface area contributed by atoms with E-state index in [1.165, 1.54) is 0 Å². The number of hydrogen-bond donors (Lipinski definition) is 2. The first-order valence-electron chi connectivity index (χ1n) is 9.23. The zero-order chi connectivity index (χ0) is 20.4. The SMILES string of the molecule is Bc1ccc(NC(=O)c2cccc3c2OCCN3c2ncc(CO)cc2Cl)cc1. The second-order valence-corrected chi connectivity index (χ2v) is 7.19. The Balaban J connectivity index is 1.67. The molecule has 0 aliphatic carbocycles. The molecule has 146 valence electrons. The van der Waals surface area contributed by atoms with Crippen molar-refractivity contribution in [3.8, 4) is 5.75 Å². The van der Waals surface area contributed by atoms with Crippen LogP contribution in [-0.4, -0.2) is 37.0 Å². The molecule has 1 amide bonds. The number of pyridine rings is 1. The third-order valence-electron chi connectivity index (χ3n) is 4.72. The van der Waals surface area contributed by atoms with Crippen LogP contribution < -0.4 is 20.4 Å². The molecule has 4 rings (SSSR count). The first kappa shape index (κ1) is 19.3. The minimum absolute atomic E-state index is 0.129. The van der Waals surface area contributed by atoms with Gasteiger partial charge in [0.05, 0.1) is 29.4 Å². The number of fused-ring (bicyclic) bond motifs is 1. The van der Waals surface area contributed by atoms with E-state index in [0.717, 1.165) is 16.8 Å². The van der Waals surface area contributed by atoms with E-state index in [2.05, 4.69) is 10.3 Å². The quantitative estimate of drug-likeness (QED) is 0.649. The lowest BCUT2D eigenvalue weighted by molar-refractivity contribution is 0.102. The van der Waals surface area contributed by atoms with Crippen molar-refractivity contribution in [1.29, 1.82) is 0 Å². The molecule has 1 aliphatic heterocycles. The van der Waals surface area contributed by atoms with Crippen LogP contribution in [0.2, 0.25) is 5.02 Å². The van der Waals surface area contributed by atoms with E-state index in [1.807, 2.05) is 43.1 Å². The van der Waals surface area contributed by atoms with Gasteiger partial charge in [-0.25, -0.2) is 4.98 Å². The van der Waals surface area contributed by atoms with E-state index in [1.54, 1.807) is 24.4 Å². The van der Waals surface area contributed by atoms with Gasteiger partial charge in [-0.3, -0.25) is 4.79 Å². The van der Waals surface area contributed by atoms with Crippen LogP contribution in [0.1, 0.15) is 15.9 Å². The molecule has 1 aromatic heterocycles. The lowest BCUT2D eigenvalue weighted by atomic mass is 9.96. The number of benzene rings is 2. The Bertz CT molecular complexity index is 1060. The smallest absolute Gasteiger partial charge is 0.259 e. The number of nitrogens with one attached hydrogen (secondary N) is 1. The summed E-state index contributed by atoms with van der Waals surface area (Å²) in [5.74, 6) is 0.805. The van der Waals surface area contributed by atoms with Gasteiger partial charge in [0.25, 0.3) is 5.91 Å². The van der Waals surface area contributed by atoms with Crippen LogP contribution in [0, 0.1) is 0 Å². The fourth-order valence-corrected chi connectivity index (χ4v) is 3.53.